The number of nitrogens with two attached hydrogens (primary N) is 1. The van der Waals surface area contributed by atoms with Gasteiger partial charge in [0.25, 0.3) is 0 Å². The molecule has 3 aromatic rings. The summed E-state index contributed by atoms with van der Waals surface area (Å²) < 4.78 is 12.2. The Morgan fingerprint density at radius 3 is 2.94 bits per heavy atom. The number of nitrogen functional groups attached to an aromatic ring is 1. The molecule has 7 heteroatoms. The molecule has 2 aliphatic rings. The van der Waals surface area contributed by atoms with Crippen LogP contribution in [-0.2, 0) is 11.4 Å². The number of aromatic nitrogens is 2. The minimum atomic E-state index is 0.0862. The van der Waals surface area contributed by atoms with Gasteiger partial charge in [-0.05, 0) is 42.7 Å². The van der Waals surface area contributed by atoms with E-state index in [0.29, 0.717) is 19.0 Å². The van der Waals surface area contributed by atoms with E-state index in [9.17, 15) is 4.79 Å². The molecule has 31 heavy (non-hydrogen) atoms. The molecule has 2 aliphatic heterocycles. The summed E-state index contributed by atoms with van der Waals surface area (Å²) in [5, 5.41) is 0. The molecule has 3 heterocycles. The Bertz CT molecular complexity index is 1150. The number of fused-ring (bicyclic) bond motifs is 3. The molecule has 7 nitrogen and oxygen atoms in total. The minimum absolute atomic E-state index is 0.0862. The standard InChI is InChI=1S/C24H24N4O3/c1-15(29)11-28-7-6-19(12-28)31-18-4-5-20-21-8-16(22-10-24(25)27-14-26-22)2-3-17(21)13-30-23(20)9-18/h2-5,8-10,14,19H,6-7,11-13H2,1H3,(H2,25,26,27)/t19-/m0/s1. The molecule has 5 rings (SSSR count). The van der Waals surface area contributed by atoms with Crippen molar-refractivity contribution in [2.75, 3.05) is 25.4 Å². The van der Waals surface area contributed by atoms with E-state index < -0.39 is 0 Å². The van der Waals surface area contributed by atoms with Gasteiger partial charge in [0, 0.05) is 36.3 Å². The summed E-state index contributed by atoms with van der Waals surface area (Å²) in [6.07, 6.45) is 2.48. The van der Waals surface area contributed by atoms with Crippen molar-refractivity contribution in [2.24, 2.45) is 0 Å². The van der Waals surface area contributed by atoms with Crippen molar-refractivity contribution in [3.05, 3.63) is 54.4 Å². The second-order valence-corrected chi connectivity index (χ2v) is 8.11. The van der Waals surface area contributed by atoms with Gasteiger partial charge in [-0.2, -0.15) is 0 Å². The molecule has 2 N–H and O–H groups in total. The van der Waals surface area contributed by atoms with E-state index in [-0.39, 0.29) is 11.9 Å². The molecule has 0 saturated carbocycles. The number of benzene rings is 2. The molecular weight excluding hydrogens is 392 g/mol. The maximum Gasteiger partial charge on any atom is 0.143 e. The largest absolute Gasteiger partial charge is 0.489 e. The number of anilines is 1. The summed E-state index contributed by atoms with van der Waals surface area (Å²) in [4.78, 5) is 21.8. The fraction of sp³-hybridized carbons (Fsp3) is 0.292. The third kappa shape index (κ3) is 4.09. The predicted octanol–water partition coefficient (Wildman–Crippen LogP) is 3.33. The van der Waals surface area contributed by atoms with Crippen molar-refractivity contribution in [3.63, 3.8) is 0 Å². The van der Waals surface area contributed by atoms with Gasteiger partial charge < -0.3 is 15.2 Å². The van der Waals surface area contributed by atoms with Crippen LogP contribution in [-0.4, -0.2) is 46.4 Å². The second-order valence-electron chi connectivity index (χ2n) is 8.11. The van der Waals surface area contributed by atoms with Crippen LogP contribution in [0, 0.1) is 0 Å². The average molecular weight is 416 g/mol. The topological polar surface area (TPSA) is 90.6 Å². The monoisotopic (exact) mass is 416 g/mol. The highest BCUT2D eigenvalue weighted by Gasteiger charge is 2.25. The van der Waals surface area contributed by atoms with Crippen molar-refractivity contribution >= 4 is 11.6 Å². The number of nitrogens with zero attached hydrogens (tertiary/aromatic N) is 3. The van der Waals surface area contributed by atoms with E-state index in [1.54, 1.807) is 13.0 Å². The molecule has 1 saturated heterocycles. The van der Waals surface area contributed by atoms with Crippen molar-refractivity contribution in [1.29, 1.82) is 0 Å². The Morgan fingerprint density at radius 2 is 2.10 bits per heavy atom. The Hall–Kier alpha value is -3.45. The van der Waals surface area contributed by atoms with E-state index >= 15 is 0 Å². The maximum absolute atomic E-state index is 11.3. The Morgan fingerprint density at radius 1 is 1.19 bits per heavy atom. The third-order valence-corrected chi connectivity index (χ3v) is 5.70. The number of hydrogen-bond donors (Lipinski definition) is 1. The second kappa shape index (κ2) is 8.00. The normalized spacial score (nSPS) is 17.5. The van der Waals surface area contributed by atoms with Gasteiger partial charge in [0.2, 0.25) is 0 Å². The van der Waals surface area contributed by atoms with Crippen LogP contribution in [0.15, 0.2) is 48.8 Å². The molecule has 0 spiro atoms. The van der Waals surface area contributed by atoms with E-state index in [4.69, 9.17) is 15.2 Å². The molecule has 1 fully saturated rings. The van der Waals surface area contributed by atoms with Crippen LogP contribution < -0.4 is 15.2 Å². The van der Waals surface area contributed by atoms with Gasteiger partial charge in [0.05, 0.1) is 12.2 Å². The smallest absolute Gasteiger partial charge is 0.143 e. The van der Waals surface area contributed by atoms with E-state index in [2.05, 4.69) is 27.0 Å². The molecule has 1 atom stereocenters. The first kappa shape index (κ1) is 19.5. The number of Topliss-reactive ketones (excluding diaryl/α,β-unsaturated/α-hetero) is 1. The Kier molecular flexibility index (Phi) is 5.03. The first-order valence-electron chi connectivity index (χ1n) is 10.4. The van der Waals surface area contributed by atoms with Crippen LogP contribution in [0.25, 0.3) is 22.4 Å². The summed E-state index contributed by atoms with van der Waals surface area (Å²) in [6, 6.07) is 14.0. The highest BCUT2D eigenvalue weighted by molar-refractivity contribution is 5.80. The van der Waals surface area contributed by atoms with Crippen LogP contribution in [0.1, 0.15) is 18.9 Å². The number of ether oxygens (including phenoxy) is 2. The quantitative estimate of drug-likeness (QED) is 0.682. The number of rotatable bonds is 5. The molecule has 0 amide bonds. The summed E-state index contributed by atoms with van der Waals surface area (Å²) >= 11 is 0. The number of ketones is 1. The van der Waals surface area contributed by atoms with Gasteiger partial charge in [-0.25, -0.2) is 9.97 Å². The Labute approximate surface area is 180 Å². The van der Waals surface area contributed by atoms with E-state index in [1.165, 1.54) is 6.33 Å². The molecule has 158 valence electrons. The molecule has 0 aliphatic carbocycles. The average Bonchev–Trinajstić information content (AvgIpc) is 3.19. The van der Waals surface area contributed by atoms with Crippen molar-refractivity contribution in [3.8, 4) is 33.9 Å². The number of carbonyl (C=O) groups excluding carboxylic acids is 1. The lowest BCUT2D eigenvalue weighted by molar-refractivity contribution is -0.117. The van der Waals surface area contributed by atoms with Gasteiger partial charge >= 0.3 is 0 Å². The Balaban J connectivity index is 1.38. The zero-order chi connectivity index (χ0) is 21.4. The fourth-order valence-corrected chi connectivity index (χ4v) is 4.26. The van der Waals surface area contributed by atoms with E-state index in [1.807, 2.05) is 24.3 Å². The fourth-order valence-electron chi connectivity index (χ4n) is 4.26. The van der Waals surface area contributed by atoms with Crippen LogP contribution in [0.3, 0.4) is 0 Å². The SMILES string of the molecule is CC(=O)CN1CC[C@H](Oc2ccc3c(c2)OCc2ccc(-c4cc(N)ncn4)cc2-3)C1. The summed E-state index contributed by atoms with van der Waals surface area (Å²) in [7, 11) is 0. The van der Waals surface area contributed by atoms with Gasteiger partial charge in [0.1, 0.15) is 42.1 Å². The van der Waals surface area contributed by atoms with Crippen molar-refractivity contribution in [1.82, 2.24) is 14.9 Å². The molecule has 0 radical (unpaired) electrons. The maximum atomic E-state index is 11.3. The minimum Gasteiger partial charge on any atom is -0.489 e. The highest BCUT2D eigenvalue weighted by Crippen LogP contribution is 2.41. The first-order chi connectivity index (χ1) is 15.0. The lowest BCUT2D eigenvalue weighted by atomic mass is 9.94. The van der Waals surface area contributed by atoms with Crippen molar-refractivity contribution < 1.29 is 14.3 Å². The summed E-state index contributed by atoms with van der Waals surface area (Å²) in [5.74, 6) is 2.23. The third-order valence-electron chi connectivity index (χ3n) is 5.70. The lowest BCUT2D eigenvalue weighted by Crippen LogP contribution is -2.28. The van der Waals surface area contributed by atoms with Gasteiger partial charge in [-0.15, -0.1) is 0 Å². The highest BCUT2D eigenvalue weighted by atomic mass is 16.5. The summed E-state index contributed by atoms with van der Waals surface area (Å²) in [6.45, 7) is 4.27. The van der Waals surface area contributed by atoms with Crippen molar-refractivity contribution in [2.45, 2.75) is 26.1 Å². The van der Waals surface area contributed by atoms with Crippen LogP contribution >= 0.6 is 0 Å². The van der Waals surface area contributed by atoms with E-state index in [0.717, 1.165) is 59.0 Å². The van der Waals surface area contributed by atoms with Crippen LogP contribution in [0.5, 0.6) is 11.5 Å². The summed E-state index contributed by atoms with van der Waals surface area (Å²) in [5.41, 5.74) is 10.9. The van der Waals surface area contributed by atoms with Gasteiger partial charge in [0.15, 0.2) is 0 Å². The number of likely N-dealkylation sites (tertiary alicyclic amines) is 1. The number of hydrogen-bond acceptors (Lipinski definition) is 7. The molecular formula is C24H24N4O3. The molecule has 1 aromatic heterocycles. The molecule has 2 aromatic carbocycles. The molecule has 0 bridgehead atoms. The van der Waals surface area contributed by atoms with Crippen LogP contribution in [0.2, 0.25) is 0 Å². The van der Waals surface area contributed by atoms with Crippen LogP contribution in [0.4, 0.5) is 5.82 Å². The molecule has 0 unspecified atom stereocenters. The number of carbonyl (C=O) groups is 1. The first-order valence-corrected chi connectivity index (χ1v) is 10.4. The van der Waals surface area contributed by atoms with Gasteiger partial charge in [-0.1, -0.05) is 12.1 Å². The predicted molar refractivity (Wildman–Crippen MR) is 118 cm³/mol. The van der Waals surface area contributed by atoms with Gasteiger partial charge in [-0.3, -0.25) is 9.69 Å². The lowest BCUT2D eigenvalue weighted by Gasteiger charge is -2.23. The zero-order valence-electron chi connectivity index (χ0n) is 17.4. The zero-order valence-corrected chi connectivity index (χ0v) is 17.4.